The molecule has 8 bridgehead atoms. The highest BCUT2D eigenvalue weighted by molar-refractivity contribution is 6.85. The number of H-pyrrole nitrogens is 2. The number of hydrogen-bond donors (Lipinski definition) is 3. The number of rotatable bonds is 3. The van der Waals surface area contributed by atoms with Crippen LogP contribution in [-0.2, 0) is 4.74 Å². The summed E-state index contributed by atoms with van der Waals surface area (Å²) in [6.07, 6.45) is 7.64. The molecule has 2 aliphatic heterocycles. The third kappa shape index (κ3) is 15.0. The molecule has 0 atom stereocenters. The molecule has 0 saturated carbocycles. The lowest BCUT2D eigenvalue weighted by Gasteiger charge is -2.19. The molecule has 3 aromatic heterocycles. The van der Waals surface area contributed by atoms with Crippen molar-refractivity contribution in [1.82, 2.24) is 25.3 Å². The molecule has 0 saturated heterocycles. The Morgan fingerprint density at radius 3 is 1.46 bits per heavy atom. The highest BCUT2D eigenvalue weighted by Crippen LogP contribution is 2.35. The van der Waals surface area contributed by atoms with Gasteiger partial charge in [0.05, 0.1) is 40.4 Å². The van der Waals surface area contributed by atoms with Gasteiger partial charge in [0, 0.05) is 49.9 Å². The lowest BCUT2D eigenvalue weighted by atomic mass is 9.98. The van der Waals surface area contributed by atoms with Crippen molar-refractivity contribution in [2.24, 2.45) is 0 Å². The van der Waals surface area contributed by atoms with E-state index in [2.05, 4.69) is 224 Å². The number of alkyl carbamates (subject to hydrolysis) is 1. The molecule has 0 spiro atoms. The fourth-order valence-corrected chi connectivity index (χ4v) is 9.39. The van der Waals surface area contributed by atoms with Gasteiger partial charge in [-0.15, -0.1) is 22.2 Å². The van der Waals surface area contributed by atoms with Crippen LogP contribution in [0, 0.1) is 57.7 Å². The lowest BCUT2D eigenvalue weighted by molar-refractivity contribution is 0.0535. The van der Waals surface area contributed by atoms with Gasteiger partial charge in [-0.3, -0.25) is 0 Å². The predicted molar refractivity (Wildman–Crippen MR) is 312 cm³/mol. The second-order valence-corrected chi connectivity index (χ2v) is 42.1. The fraction of sp³-hybridized carbons (Fsp3) is 0.283. The van der Waals surface area contributed by atoms with Gasteiger partial charge in [0.1, 0.15) is 37.9 Å². The summed E-state index contributed by atoms with van der Waals surface area (Å²) in [5.41, 5.74) is 28.0. The van der Waals surface area contributed by atoms with Crippen molar-refractivity contribution >= 4 is 84.8 Å². The van der Waals surface area contributed by atoms with Gasteiger partial charge in [-0.2, -0.15) is 0 Å². The molecule has 0 unspecified atom stereocenters. The van der Waals surface area contributed by atoms with E-state index in [1.165, 1.54) is 0 Å². The zero-order valence-corrected chi connectivity index (χ0v) is 48.1. The molecule has 7 nitrogen and oxygen atoms in total. The normalized spacial score (nSPS) is 12.2. The number of benzene rings is 2. The quantitative estimate of drug-likeness (QED) is 0.121. The topological polar surface area (TPSA) is 95.7 Å². The van der Waals surface area contributed by atoms with Crippen molar-refractivity contribution in [3.8, 4) is 80.0 Å². The van der Waals surface area contributed by atoms with Gasteiger partial charge in [0.2, 0.25) is 0 Å². The molecule has 7 rings (SSSR count). The van der Waals surface area contributed by atoms with Gasteiger partial charge >= 0.3 is 6.09 Å². The first kappa shape index (κ1) is 51.8. The van der Waals surface area contributed by atoms with Gasteiger partial charge in [0.25, 0.3) is 0 Å². The van der Waals surface area contributed by atoms with Crippen LogP contribution in [0.25, 0.3) is 68.6 Å². The Hall–Kier alpha value is -7.02. The van der Waals surface area contributed by atoms with Crippen molar-refractivity contribution < 1.29 is 9.53 Å². The van der Waals surface area contributed by atoms with E-state index in [0.717, 1.165) is 83.7 Å². The Balaban J connectivity index is 1.57. The first-order valence-electron chi connectivity index (χ1n) is 24.1. The van der Waals surface area contributed by atoms with E-state index in [-0.39, 0.29) is 6.54 Å². The summed E-state index contributed by atoms with van der Waals surface area (Å²) >= 11 is 0. The number of nitrogens with zero attached hydrogens (tertiary/aromatic N) is 2. The van der Waals surface area contributed by atoms with Crippen LogP contribution in [0.2, 0.25) is 78.6 Å². The number of carbonyl (C=O) groups excluding carboxylic acids is 1. The van der Waals surface area contributed by atoms with E-state index in [9.17, 15) is 4.79 Å². The Morgan fingerprint density at radius 2 is 0.972 bits per heavy atom. The number of aromatic nitrogens is 4. The van der Waals surface area contributed by atoms with Crippen LogP contribution in [-0.4, -0.2) is 70.5 Å². The molecular formula is C60H65N5O2Si4. The molecule has 11 heteroatoms. The highest BCUT2D eigenvalue weighted by Gasteiger charge is 2.19. The minimum Gasteiger partial charge on any atom is -0.444 e. The summed E-state index contributed by atoms with van der Waals surface area (Å²) in [4.78, 5) is 30.9. The molecule has 0 fully saturated rings. The van der Waals surface area contributed by atoms with Crippen molar-refractivity contribution in [2.45, 2.75) is 105 Å². The molecule has 5 heterocycles. The summed E-state index contributed by atoms with van der Waals surface area (Å²) in [5.74, 6) is 20.7. The number of nitrogens with one attached hydrogen (secondary N) is 3. The summed E-state index contributed by atoms with van der Waals surface area (Å²) in [6.45, 7) is 32.6. The molecular weight excluding hydrogens is 935 g/mol. The van der Waals surface area contributed by atoms with Crippen LogP contribution in [0.4, 0.5) is 4.79 Å². The summed E-state index contributed by atoms with van der Waals surface area (Å²) < 4.78 is 5.52. The molecule has 358 valence electrons. The van der Waals surface area contributed by atoms with Crippen LogP contribution in [0.5, 0.6) is 0 Å². The lowest BCUT2D eigenvalue weighted by Crippen LogP contribution is -2.32. The largest absolute Gasteiger partial charge is 0.444 e. The highest BCUT2D eigenvalue weighted by atomic mass is 28.3. The minimum atomic E-state index is -1.71. The smallest absolute Gasteiger partial charge is 0.408 e. The second-order valence-electron chi connectivity index (χ2n) is 23.1. The monoisotopic (exact) mass is 999 g/mol. The molecule has 1 amide bonds. The number of amides is 1. The van der Waals surface area contributed by atoms with Crippen LogP contribution < -0.4 is 5.32 Å². The van der Waals surface area contributed by atoms with Crippen molar-refractivity contribution in [2.75, 3.05) is 6.54 Å². The van der Waals surface area contributed by atoms with E-state index < -0.39 is 44.0 Å². The molecule has 3 N–H and O–H groups in total. The molecule has 5 aromatic rings. The molecule has 2 aliphatic rings. The summed E-state index contributed by atoms with van der Waals surface area (Å²) in [6, 6.07) is 23.2. The molecule has 0 radical (unpaired) electrons. The van der Waals surface area contributed by atoms with E-state index in [4.69, 9.17) is 14.7 Å². The molecule has 71 heavy (non-hydrogen) atoms. The number of aromatic amines is 2. The van der Waals surface area contributed by atoms with Crippen molar-refractivity contribution in [3.05, 3.63) is 117 Å². The van der Waals surface area contributed by atoms with Gasteiger partial charge in [-0.05, 0) is 123 Å². The molecule has 2 aromatic carbocycles. The average Bonchev–Trinajstić information content (AvgIpc) is 4.10. The Morgan fingerprint density at radius 1 is 0.535 bits per heavy atom. The SMILES string of the molecule is CC(C)(C)OC(=O)NCC#Cc1c2nc(c(-c3cc(C#C[Si](C)(C)C)cc(C#C[Si](C)(C)C)c3)c3ccc(cc4nc(c(-c5cc(C#C[Si](C)(C)C)cc(C#C[Si](C)(C)C)c5)c5ccc1[nH]5)C=C4)[nH]3)C=C2. The first-order valence-corrected chi connectivity index (χ1v) is 38.1. The number of hydrogen-bond acceptors (Lipinski definition) is 4. The number of ether oxygens (including phenoxy) is 1. The number of carbonyl (C=O) groups is 1. The van der Waals surface area contributed by atoms with Gasteiger partial charge in [-0.25, -0.2) is 14.8 Å². The van der Waals surface area contributed by atoms with Crippen LogP contribution >= 0.6 is 0 Å². The molecule has 0 aliphatic carbocycles. The van der Waals surface area contributed by atoms with Crippen LogP contribution in [0.15, 0.2) is 66.7 Å². The Bertz CT molecular complexity index is 3330. The van der Waals surface area contributed by atoms with Crippen molar-refractivity contribution in [3.63, 3.8) is 0 Å². The predicted octanol–water partition coefficient (Wildman–Crippen LogP) is 13.8. The first-order chi connectivity index (χ1) is 33.1. The maximum absolute atomic E-state index is 12.7. The summed E-state index contributed by atoms with van der Waals surface area (Å²) in [5, 5.41) is 2.80. The minimum absolute atomic E-state index is 0.0647. The van der Waals surface area contributed by atoms with Crippen molar-refractivity contribution in [1.29, 1.82) is 0 Å². The van der Waals surface area contributed by atoms with Gasteiger partial charge < -0.3 is 20.0 Å². The van der Waals surface area contributed by atoms with Gasteiger partial charge in [-0.1, -0.05) is 114 Å². The number of fused-ring (bicyclic) bond motifs is 8. The van der Waals surface area contributed by atoms with Crippen LogP contribution in [0.1, 0.15) is 71.4 Å². The maximum Gasteiger partial charge on any atom is 0.408 e. The van der Waals surface area contributed by atoms with Gasteiger partial charge in [0.15, 0.2) is 0 Å². The standard InChI is InChI=1S/C60H65N5O2Si4/c1-60(2,3)67-59(66)61-30-16-17-50-51-22-24-55(64-51)57(46-37-42(26-31-68(4,5)6)35-43(38-46)27-32-69(7,8)9)53-20-18-48(62-53)41-49-19-21-54(63-49)58(56-25-23-52(50)65-56)47-39-44(28-33-70(10,11)12)36-45(40-47)29-34-71(13,14)15/h18-25,35-41,62,65H,30H2,1-15H3,(H,61,66). The zero-order valence-electron chi connectivity index (χ0n) is 44.1. The van der Waals surface area contributed by atoms with E-state index in [1.807, 2.05) is 39.0 Å². The third-order valence-electron chi connectivity index (χ3n) is 10.3. The van der Waals surface area contributed by atoms with Crippen LogP contribution in [0.3, 0.4) is 0 Å². The summed E-state index contributed by atoms with van der Waals surface area (Å²) in [7, 11) is -6.82. The average molecular weight is 1000 g/mol. The Kier molecular flexibility index (Phi) is 14.9. The van der Waals surface area contributed by atoms with E-state index in [0.29, 0.717) is 11.3 Å². The fourth-order valence-electron chi connectivity index (χ4n) is 7.31. The second kappa shape index (κ2) is 20.4. The van der Waals surface area contributed by atoms with E-state index in [1.54, 1.807) is 0 Å². The van der Waals surface area contributed by atoms with E-state index >= 15 is 0 Å². The zero-order chi connectivity index (χ0) is 51.5. The Labute approximate surface area is 425 Å². The maximum atomic E-state index is 12.7. The third-order valence-corrected chi connectivity index (χ3v) is 13.8.